The second-order valence-electron chi connectivity index (χ2n) is 1.36. The Balaban J connectivity index is 4.06. The molecule has 60 valence electrons. The molecule has 0 radical (unpaired) electrons. The van der Waals surface area contributed by atoms with Crippen LogP contribution in [0.1, 0.15) is 6.92 Å². The van der Waals surface area contributed by atoms with Gasteiger partial charge in [-0.15, -0.1) is 13.2 Å². The third kappa shape index (κ3) is 5.10. The van der Waals surface area contributed by atoms with Crippen molar-refractivity contribution in [3.8, 4) is 0 Å². The van der Waals surface area contributed by atoms with Crippen LogP contribution in [0, 0.1) is 0 Å². The maximum absolute atomic E-state index is 11.4. The summed E-state index contributed by atoms with van der Waals surface area (Å²) in [6.45, 7) is 1.19. The van der Waals surface area contributed by atoms with Crippen LogP contribution in [0.25, 0.3) is 0 Å². The minimum absolute atomic E-state index is 0.150. The van der Waals surface area contributed by atoms with Crippen molar-refractivity contribution in [1.82, 2.24) is 0 Å². The van der Waals surface area contributed by atoms with Gasteiger partial charge >= 0.3 is 6.36 Å². The number of hydrogen-bond acceptors (Lipinski definition) is 1. The molecule has 0 fully saturated rings. The molecule has 0 N–H and O–H groups in total. The molecule has 0 aromatic heterocycles. The van der Waals surface area contributed by atoms with Gasteiger partial charge in [-0.2, -0.15) is 0 Å². The van der Waals surface area contributed by atoms with Crippen LogP contribution in [0.4, 0.5) is 13.2 Å². The summed E-state index contributed by atoms with van der Waals surface area (Å²) < 4.78 is 37.7. The fourth-order valence-electron chi connectivity index (χ4n) is 0.212. The topological polar surface area (TPSA) is 9.23 Å². The lowest BCUT2D eigenvalue weighted by molar-refractivity contribution is -0.305. The monoisotopic (exact) mass is 282 g/mol. The van der Waals surface area contributed by atoms with Crippen molar-refractivity contribution < 1.29 is 17.9 Å². The maximum Gasteiger partial charge on any atom is 0.572 e. The van der Waals surface area contributed by atoms with E-state index in [-0.39, 0.29) is 9.15 Å². The second-order valence-corrected chi connectivity index (χ2v) is 4.01. The Morgan fingerprint density at radius 3 is 1.80 bits per heavy atom. The quantitative estimate of drug-likeness (QED) is 0.669. The van der Waals surface area contributed by atoms with Crippen molar-refractivity contribution in [2.45, 2.75) is 13.3 Å². The molecule has 0 spiro atoms. The zero-order valence-electron chi connectivity index (χ0n) is 4.80. The summed E-state index contributed by atoms with van der Waals surface area (Å²) in [7, 11) is 0. The van der Waals surface area contributed by atoms with Gasteiger partial charge in [0.2, 0.25) is 0 Å². The fourth-order valence-corrected chi connectivity index (χ4v) is 0.374. The Morgan fingerprint density at radius 2 is 1.70 bits per heavy atom. The van der Waals surface area contributed by atoms with Gasteiger partial charge < -0.3 is 4.74 Å². The first kappa shape index (κ1) is 10.3. The average molecular weight is 284 g/mol. The average Bonchev–Trinajstić information content (AvgIpc) is 1.60. The highest BCUT2D eigenvalue weighted by Gasteiger charge is 2.31. The highest BCUT2D eigenvalue weighted by Crippen LogP contribution is 2.26. The summed E-state index contributed by atoms with van der Waals surface area (Å²) in [5, 5.41) is 0. The molecule has 10 heavy (non-hydrogen) atoms. The normalized spacial score (nSPS) is 11.0. The van der Waals surface area contributed by atoms with Crippen LogP contribution in [0.3, 0.4) is 0 Å². The van der Waals surface area contributed by atoms with Gasteiger partial charge in [-0.1, -0.05) is 0 Å². The molecule has 0 atom stereocenters. The smallest absolute Gasteiger partial charge is 0.409 e. The van der Waals surface area contributed by atoms with Crippen LogP contribution in [-0.4, -0.2) is 6.36 Å². The number of rotatable bonds is 1. The van der Waals surface area contributed by atoms with Crippen LogP contribution in [0.15, 0.2) is 9.15 Å². The molecule has 1 nitrogen and oxygen atoms in total. The Morgan fingerprint density at radius 1 is 1.30 bits per heavy atom. The number of hydrogen-bond donors (Lipinski definition) is 0. The van der Waals surface area contributed by atoms with Gasteiger partial charge in [0.1, 0.15) is 5.76 Å². The van der Waals surface area contributed by atoms with E-state index in [0.29, 0.717) is 0 Å². The molecule has 6 heteroatoms. The molecule has 0 aromatic carbocycles. The zero-order chi connectivity index (χ0) is 8.36. The van der Waals surface area contributed by atoms with E-state index < -0.39 is 6.36 Å². The third-order valence-corrected chi connectivity index (χ3v) is 1.65. The molecular formula is C4H3Br2F3O. The molecular weight excluding hydrogens is 281 g/mol. The molecule has 0 bridgehead atoms. The standard InChI is InChI=1S/C4H3Br2F3O/c1-2(3(5)6)10-4(7,8)9/h1H3. The van der Waals surface area contributed by atoms with Crippen LogP contribution in [0.2, 0.25) is 0 Å². The minimum atomic E-state index is -4.61. The fraction of sp³-hybridized carbons (Fsp3) is 0.500. The van der Waals surface area contributed by atoms with Gasteiger partial charge in [0.15, 0.2) is 0 Å². The van der Waals surface area contributed by atoms with Crippen LogP contribution in [-0.2, 0) is 4.74 Å². The van der Waals surface area contributed by atoms with Crippen molar-refractivity contribution >= 4 is 31.9 Å². The Hall–Kier alpha value is 0.290. The number of allylic oxidation sites excluding steroid dienone is 1. The molecule has 0 aliphatic carbocycles. The lowest BCUT2D eigenvalue weighted by atomic mass is 10.7. The molecule has 0 heterocycles. The van der Waals surface area contributed by atoms with E-state index in [0.717, 1.165) is 0 Å². The van der Waals surface area contributed by atoms with E-state index >= 15 is 0 Å². The van der Waals surface area contributed by atoms with Crippen molar-refractivity contribution in [3.05, 3.63) is 9.15 Å². The summed E-state index contributed by atoms with van der Waals surface area (Å²) in [4.78, 5) is 0. The first-order valence-electron chi connectivity index (χ1n) is 2.10. The zero-order valence-corrected chi connectivity index (χ0v) is 7.97. The molecule has 0 aliphatic rings. The predicted molar refractivity (Wildman–Crippen MR) is 37.7 cm³/mol. The molecule has 0 saturated heterocycles. The van der Waals surface area contributed by atoms with E-state index in [1.54, 1.807) is 0 Å². The van der Waals surface area contributed by atoms with Crippen LogP contribution in [0.5, 0.6) is 0 Å². The van der Waals surface area contributed by atoms with Gasteiger partial charge in [0, 0.05) is 0 Å². The summed E-state index contributed by atoms with van der Waals surface area (Å²) in [5.74, 6) is -0.257. The molecule has 0 aliphatic heterocycles. The molecule has 0 unspecified atom stereocenters. The lowest BCUT2D eigenvalue weighted by Crippen LogP contribution is -2.11. The molecule has 0 aromatic rings. The van der Waals surface area contributed by atoms with Gasteiger partial charge in [0.05, 0.1) is 3.39 Å². The van der Waals surface area contributed by atoms with Crippen LogP contribution < -0.4 is 0 Å². The molecule has 0 saturated carbocycles. The minimum Gasteiger partial charge on any atom is -0.409 e. The summed E-state index contributed by atoms with van der Waals surface area (Å²) in [6.07, 6.45) is -4.61. The predicted octanol–water partition coefficient (Wildman–Crippen LogP) is 3.50. The van der Waals surface area contributed by atoms with Gasteiger partial charge in [0.25, 0.3) is 0 Å². The van der Waals surface area contributed by atoms with Crippen molar-refractivity contribution in [3.63, 3.8) is 0 Å². The SMILES string of the molecule is CC(OC(F)(F)F)=C(Br)Br. The van der Waals surface area contributed by atoms with E-state index in [1.165, 1.54) is 6.92 Å². The summed E-state index contributed by atoms with van der Waals surface area (Å²) in [6, 6.07) is 0. The highest BCUT2D eigenvalue weighted by molar-refractivity contribution is 9.28. The summed E-state index contributed by atoms with van der Waals surface area (Å²) >= 11 is 5.53. The van der Waals surface area contributed by atoms with E-state index in [9.17, 15) is 13.2 Å². The highest BCUT2D eigenvalue weighted by atomic mass is 79.9. The maximum atomic E-state index is 11.4. The van der Waals surface area contributed by atoms with Gasteiger partial charge in [-0.05, 0) is 38.8 Å². The van der Waals surface area contributed by atoms with Gasteiger partial charge in [-0.3, -0.25) is 0 Å². The van der Waals surface area contributed by atoms with E-state index in [2.05, 4.69) is 36.6 Å². The number of alkyl halides is 3. The van der Waals surface area contributed by atoms with Crippen molar-refractivity contribution in [2.24, 2.45) is 0 Å². The third-order valence-electron chi connectivity index (χ3n) is 0.535. The Kier molecular flexibility index (Phi) is 3.72. The Bertz CT molecular complexity index is 147. The molecule has 0 rings (SSSR count). The summed E-state index contributed by atoms with van der Waals surface area (Å²) in [5.41, 5.74) is 0. The van der Waals surface area contributed by atoms with Crippen LogP contribution >= 0.6 is 31.9 Å². The number of ether oxygens (including phenoxy) is 1. The van der Waals surface area contributed by atoms with Crippen molar-refractivity contribution in [2.75, 3.05) is 0 Å². The first-order valence-corrected chi connectivity index (χ1v) is 3.69. The van der Waals surface area contributed by atoms with Crippen molar-refractivity contribution in [1.29, 1.82) is 0 Å². The Labute approximate surface area is 72.5 Å². The largest absolute Gasteiger partial charge is 0.572 e. The molecule has 0 amide bonds. The van der Waals surface area contributed by atoms with Gasteiger partial charge in [-0.25, -0.2) is 0 Å². The first-order chi connectivity index (χ1) is 4.33. The second kappa shape index (κ2) is 3.61. The number of halogens is 5. The van der Waals surface area contributed by atoms with E-state index in [1.807, 2.05) is 0 Å². The van der Waals surface area contributed by atoms with E-state index in [4.69, 9.17) is 0 Å². The lowest BCUT2D eigenvalue weighted by Gasteiger charge is -2.08.